The largest absolute Gasteiger partial charge is 0.496 e. The molecule has 2 fully saturated rings. The molecule has 10 nitrogen and oxygen atoms in total. The van der Waals surface area contributed by atoms with Gasteiger partial charge in [0.25, 0.3) is 6.43 Å². The van der Waals surface area contributed by atoms with Gasteiger partial charge >= 0.3 is 12.1 Å². The summed E-state index contributed by atoms with van der Waals surface area (Å²) in [5.41, 5.74) is 3.25. The number of alkyl halides is 2. The number of fused-ring (bicyclic) bond motifs is 1. The summed E-state index contributed by atoms with van der Waals surface area (Å²) >= 11 is 0. The number of esters is 1. The molecular weight excluding hydrogens is 610 g/mol. The fraction of sp³-hybridized carbons (Fsp3) is 0.514. The minimum absolute atomic E-state index is 0.0698. The maximum Gasteiger partial charge on any atom is 0.419 e. The van der Waals surface area contributed by atoms with Gasteiger partial charge in [-0.3, -0.25) is 19.2 Å². The van der Waals surface area contributed by atoms with Gasteiger partial charge in [0.05, 0.1) is 37.5 Å². The third-order valence-corrected chi connectivity index (χ3v) is 8.80. The number of halogens is 2. The Morgan fingerprint density at radius 1 is 1.04 bits per heavy atom. The first-order valence-electron chi connectivity index (χ1n) is 16.0. The van der Waals surface area contributed by atoms with E-state index in [4.69, 9.17) is 14.2 Å². The molecule has 1 atom stereocenters. The predicted molar refractivity (Wildman–Crippen MR) is 174 cm³/mol. The van der Waals surface area contributed by atoms with Crippen molar-refractivity contribution in [1.29, 1.82) is 0 Å². The van der Waals surface area contributed by atoms with Crippen LogP contribution in [0.1, 0.15) is 73.1 Å². The van der Waals surface area contributed by atoms with E-state index in [1.165, 1.54) is 11.7 Å². The van der Waals surface area contributed by atoms with E-state index in [-0.39, 0.29) is 24.1 Å². The number of amides is 1. The number of aryl methyl sites for hydroxylation is 1. The Bertz CT molecular complexity index is 1650. The molecule has 5 rings (SSSR count). The molecule has 0 bridgehead atoms. The highest BCUT2D eigenvalue weighted by Gasteiger charge is 2.33. The van der Waals surface area contributed by atoms with Crippen LogP contribution >= 0.6 is 0 Å². The molecule has 1 amide bonds. The lowest BCUT2D eigenvalue weighted by Crippen LogP contribution is -2.49. The molecule has 3 heterocycles. The van der Waals surface area contributed by atoms with Crippen LogP contribution in [-0.2, 0) is 20.8 Å². The molecule has 0 N–H and O–H groups in total. The van der Waals surface area contributed by atoms with Crippen molar-refractivity contribution in [2.75, 3.05) is 51.8 Å². The molecule has 47 heavy (non-hydrogen) atoms. The fourth-order valence-electron chi connectivity index (χ4n) is 6.64. The summed E-state index contributed by atoms with van der Waals surface area (Å²) in [6.07, 6.45) is 0.685. The second-order valence-electron chi connectivity index (χ2n) is 13.2. The standard InChI is InChI=1S/C35H44F2N4O6/c1-22-17-29(45-5)26(24-12-14-41(32(22)24)34(44)47-35(2,3)4)19-39-16-15-38(21-30(36)37)20-28(39)23-10-11-25(33(43)46-6)27(18-23)40-13-8-7-9-31(40)42/h10-12,14,17-18,28,30H,7-9,13,15-16,19-21H2,1-6H3/t28-/m1/s1. The Balaban J connectivity index is 1.58. The SMILES string of the molecule is COC(=O)c1ccc([C@H]2CN(CC(F)F)CCN2Cc2c(OC)cc(C)c3c2ccn3C(=O)OC(C)(C)C)cc1N1CCCCC1=O. The lowest BCUT2D eigenvalue weighted by molar-refractivity contribution is -0.119. The fourth-order valence-corrected chi connectivity index (χ4v) is 6.64. The molecule has 0 saturated carbocycles. The number of methoxy groups -OCH3 is 2. The molecule has 3 aromatic rings. The average molecular weight is 655 g/mol. The summed E-state index contributed by atoms with van der Waals surface area (Å²) < 4.78 is 45.3. The van der Waals surface area contributed by atoms with Gasteiger partial charge in [-0.2, -0.15) is 0 Å². The van der Waals surface area contributed by atoms with Crippen molar-refractivity contribution in [3.8, 4) is 5.75 Å². The van der Waals surface area contributed by atoms with Gasteiger partial charge in [-0.05, 0) is 75.9 Å². The Hall–Kier alpha value is -4.03. The van der Waals surface area contributed by atoms with E-state index >= 15 is 0 Å². The Morgan fingerprint density at radius 2 is 1.81 bits per heavy atom. The van der Waals surface area contributed by atoms with E-state index in [9.17, 15) is 23.2 Å². The van der Waals surface area contributed by atoms with Crippen molar-refractivity contribution >= 4 is 34.6 Å². The first-order chi connectivity index (χ1) is 22.3. The molecule has 0 spiro atoms. The molecule has 12 heteroatoms. The highest BCUT2D eigenvalue weighted by molar-refractivity contribution is 6.03. The van der Waals surface area contributed by atoms with Gasteiger partial charge < -0.3 is 19.1 Å². The Kier molecular flexibility index (Phi) is 10.2. The molecule has 0 aliphatic carbocycles. The van der Waals surface area contributed by atoms with E-state index < -0.39 is 24.1 Å². The Labute approximate surface area is 274 Å². The number of nitrogens with zero attached hydrogens (tertiary/aromatic N) is 4. The highest BCUT2D eigenvalue weighted by atomic mass is 19.3. The lowest BCUT2D eigenvalue weighted by Gasteiger charge is -2.42. The monoisotopic (exact) mass is 654 g/mol. The van der Waals surface area contributed by atoms with Gasteiger partial charge in [0, 0.05) is 62.3 Å². The van der Waals surface area contributed by atoms with Crippen LogP contribution in [0.2, 0.25) is 0 Å². The number of rotatable bonds is 8. The van der Waals surface area contributed by atoms with Crippen molar-refractivity contribution in [3.05, 3.63) is 58.8 Å². The molecular formula is C35H44F2N4O6. The first kappa shape index (κ1) is 34.3. The topological polar surface area (TPSA) is 93.6 Å². The van der Waals surface area contributed by atoms with E-state index in [0.717, 1.165) is 34.9 Å². The predicted octanol–water partition coefficient (Wildman–Crippen LogP) is 6.17. The van der Waals surface area contributed by atoms with Crippen LogP contribution in [0.5, 0.6) is 5.75 Å². The van der Waals surface area contributed by atoms with E-state index in [1.54, 1.807) is 29.2 Å². The van der Waals surface area contributed by atoms with E-state index in [1.807, 2.05) is 52.0 Å². The summed E-state index contributed by atoms with van der Waals surface area (Å²) in [6.45, 7) is 9.07. The highest BCUT2D eigenvalue weighted by Crippen LogP contribution is 2.38. The third kappa shape index (κ3) is 7.43. The summed E-state index contributed by atoms with van der Waals surface area (Å²) in [4.78, 5) is 44.5. The summed E-state index contributed by atoms with van der Waals surface area (Å²) in [7, 11) is 2.90. The van der Waals surface area contributed by atoms with Crippen LogP contribution in [-0.4, -0.2) is 91.3 Å². The zero-order valence-electron chi connectivity index (χ0n) is 28.0. The van der Waals surface area contributed by atoms with Gasteiger partial charge in [0.2, 0.25) is 5.91 Å². The van der Waals surface area contributed by atoms with E-state index in [2.05, 4.69) is 4.90 Å². The summed E-state index contributed by atoms with van der Waals surface area (Å²) in [5, 5.41) is 0.821. The smallest absolute Gasteiger partial charge is 0.419 e. The Morgan fingerprint density at radius 3 is 2.47 bits per heavy atom. The molecule has 0 unspecified atom stereocenters. The average Bonchev–Trinajstić information content (AvgIpc) is 3.48. The number of piperazine rings is 1. The number of ether oxygens (including phenoxy) is 3. The minimum Gasteiger partial charge on any atom is -0.496 e. The second kappa shape index (κ2) is 14.0. The molecule has 2 saturated heterocycles. The van der Waals surface area contributed by atoms with Crippen molar-refractivity contribution in [3.63, 3.8) is 0 Å². The lowest BCUT2D eigenvalue weighted by atomic mass is 9.96. The molecule has 1 aromatic heterocycles. The van der Waals surface area contributed by atoms with Crippen molar-refractivity contribution in [2.24, 2.45) is 0 Å². The maximum absolute atomic E-state index is 13.6. The third-order valence-electron chi connectivity index (χ3n) is 8.80. The normalized spacial score (nSPS) is 18.2. The molecule has 2 aliphatic rings. The van der Waals surface area contributed by atoms with Gasteiger partial charge in [0.1, 0.15) is 11.4 Å². The zero-order chi connectivity index (χ0) is 34.0. The van der Waals surface area contributed by atoms with Crippen LogP contribution in [0.25, 0.3) is 10.9 Å². The number of anilines is 1. The number of hydrogen-bond donors (Lipinski definition) is 0. The van der Waals surface area contributed by atoms with Gasteiger partial charge in [0.15, 0.2) is 0 Å². The minimum atomic E-state index is -2.49. The van der Waals surface area contributed by atoms with Gasteiger partial charge in [-0.1, -0.05) is 6.07 Å². The van der Waals surface area contributed by atoms with Gasteiger partial charge in [-0.15, -0.1) is 0 Å². The molecule has 0 radical (unpaired) electrons. The quantitative estimate of drug-likeness (QED) is 0.267. The number of aromatic nitrogens is 1. The number of benzene rings is 2. The van der Waals surface area contributed by atoms with Crippen LogP contribution in [0, 0.1) is 6.92 Å². The molecule has 2 aliphatic heterocycles. The second-order valence-corrected chi connectivity index (χ2v) is 13.2. The van der Waals surface area contributed by atoms with Crippen LogP contribution in [0.4, 0.5) is 19.3 Å². The van der Waals surface area contributed by atoms with Crippen molar-refractivity contribution in [1.82, 2.24) is 14.4 Å². The van der Waals surface area contributed by atoms with Crippen LogP contribution < -0.4 is 9.64 Å². The number of hydrogen-bond acceptors (Lipinski definition) is 8. The number of carbonyl (C=O) groups is 3. The zero-order valence-corrected chi connectivity index (χ0v) is 28.0. The first-order valence-corrected chi connectivity index (χ1v) is 16.0. The summed E-state index contributed by atoms with van der Waals surface area (Å²) in [6, 6.07) is 8.72. The van der Waals surface area contributed by atoms with Gasteiger partial charge in [-0.25, -0.2) is 18.4 Å². The van der Waals surface area contributed by atoms with Crippen LogP contribution in [0.15, 0.2) is 36.5 Å². The number of carbonyl (C=O) groups excluding carboxylic acids is 3. The van der Waals surface area contributed by atoms with Crippen LogP contribution in [0.3, 0.4) is 0 Å². The van der Waals surface area contributed by atoms with Crippen molar-refractivity contribution in [2.45, 2.75) is 71.6 Å². The number of piperidine rings is 1. The van der Waals surface area contributed by atoms with Crippen molar-refractivity contribution < 1.29 is 37.4 Å². The molecule has 254 valence electrons. The van der Waals surface area contributed by atoms with E-state index in [0.29, 0.717) is 56.1 Å². The summed E-state index contributed by atoms with van der Waals surface area (Å²) in [5.74, 6) is 0.0250. The molecule has 2 aromatic carbocycles. The maximum atomic E-state index is 13.6.